The molecule has 8 heteroatoms. The normalized spacial score (nSPS) is 11.4. The minimum atomic E-state index is -0.574. The first-order chi connectivity index (χ1) is 12.0. The number of methoxy groups -OCH3 is 1. The third kappa shape index (κ3) is 2.25. The van der Waals surface area contributed by atoms with Crippen LogP contribution in [-0.2, 0) is 7.05 Å². The van der Waals surface area contributed by atoms with Gasteiger partial charge in [0.15, 0.2) is 11.6 Å². The van der Waals surface area contributed by atoms with E-state index in [2.05, 4.69) is 25.9 Å². The highest BCUT2D eigenvalue weighted by Gasteiger charge is 2.20. The van der Waals surface area contributed by atoms with Crippen molar-refractivity contribution in [3.63, 3.8) is 0 Å². The van der Waals surface area contributed by atoms with E-state index < -0.39 is 11.5 Å². The van der Waals surface area contributed by atoms with Crippen molar-refractivity contribution < 1.29 is 9.13 Å². The maximum absolute atomic E-state index is 14.3. The summed E-state index contributed by atoms with van der Waals surface area (Å²) < 4.78 is 23.0. The topological polar surface area (TPSA) is 61.9 Å². The van der Waals surface area contributed by atoms with E-state index in [1.807, 2.05) is 0 Å². The fourth-order valence-electron chi connectivity index (χ4n) is 2.89. The maximum atomic E-state index is 14.3. The zero-order valence-corrected chi connectivity index (χ0v) is 14.9. The van der Waals surface area contributed by atoms with Gasteiger partial charge in [0.2, 0.25) is 0 Å². The van der Waals surface area contributed by atoms with E-state index in [9.17, 15) is 9.18 Å². The molecule has 0 aliphatic rings. The average Bonchev–Trinajstić information content (AvgIpc) is 2.86. The molecular weight excluding hydrogens is 391 g/mol. The molecule has 25 heavy (non-hydrogen) atoms. The molecule has 3 heterocycles. The number of ether oxygens (including phenoxy) is 1. The molecule has 0 atom stereocenters. The number of benzene rings is 1. The number of hydrogen-bond acceptors (Lipinski definition) is 4. The largest absolute Gasteiger partial charge is 0.495 e. The van der Waals surface area contributed by atoms with Gasteiger partial charge in [0.1, 0.15) is 5.75 Å². The Morgan fingerprint density at radius 1 is 1.28 bits per heavy atom. The van der Waals surface area contributed by atoms with Gasteiger partial charge in [-0.3, -0.25) is 9.55 Å². The molecule has 4 rings (SSSR count). The predicted octanol–water partition coefficient (Wildman–Crippen LogP) is 3.18. The lowest BCUT2D eigenvalue weighted by atomic mass is 10.2. The zero-order valence-electron chi connectivity index (χ0n) is 13.3. The molecule has 0 saturated heterocycles. The van der Waals surface area contributed by atoms with Gasteiger partial charge in [0.05, 0.1) is 34.3 Å². The van der Waals surface area contributed by atoms with Crippen LogP contribution in [0.4, 0.5) is 4.39 Å². The predicted molar refractivity (Wildman–Crippen MR) is 95.8 cm³/mol. The number of halogens is 2. The molecule has 0 radical (unpaired) electrons. The molecule has 0 amide bonds. The van der Waals surface area contributed by atoms with E-state index in [4.69, 9.17) is 4.74 Å². The Kier molecular flexibility index (Phi) is 3.57. The summed E-state index contributed by atoms with van der Waals surface area (Å²) in [5.41, 5.74) is 1.36. The van der Waals surface area contributed by atoms with Crippen LogP contribution in [0, 0.1) is 5.82 Å². The number of imidazole rings is 1. The van der Waals surface area contributed by atoms with E-state index in [0.29, 0.717) is 32.2 Å². The Bertz CT molecular complexity index is 1200. The molecule has 0 spiro atoms. The number of aryl methyl sites for hydroxylation is 1. The van der Waals surface area contributed by atoms with Crippen LogP contribution in [-0.4, -0.2) is 26.2 Å². The minimum absolute atomic E-state index is 0.0439. The summed E-state index contributed by atoms with van der Waals surface area (Å²) in [7, 11) is 3.18. The van der Waals surface area contributed by atoms with Crippen molar-refractivity contribution in [2.75, 3.05) is 7.11 Å². The fraction of sp³-hybridized carbons (Fsp3) is 0.118. The van der Waals surface area contributed by atoms with Crippen molar-refractivity contribution in [3.8, 4) is 11.6 Å². The van der Waals surface area contributed by atoms with Crippen molar-refractivity contribution >= 4 is 37.9 Å². The van der Waals surface area contributed by atoms with E-state index in [-0.39, 0.29) is 5.82 Å². The number of rotatable bonds is 2. The first-order valence-corrected chi connectivity index (χ1v) is 8.17. The van der Waals surface area contributed by atoms with Gasteiger partial charge < -0.3 is 4.74 Å². The molecule has 6 nitrogen and oxygen atoms in total. The summed E-state index contributed by atoms with van der Waals surface area (Å²) in [4.78, 5) is 21.2. The highest BCUT2D eigenvalue weighted by molar-refractivity contribution is 9.10. The summed E-state index contributed by atoms with van der Waals surface area (Å²) >= 11 is 3.45. The third-order valence-electron chi connectivity index (χ3n) is 4.11. The van der Waals surface area contributed by atoms with Crippen LogP contribution in [0.2, 0.25) is 0 Å². The van der Waals surface area contributed by atoms with Crippen molar-refractivity contribution in [2.24, 2.45) is 7.05 Å². The molecule has 3 aromatic heterocycles. The van der Waals surface area contributed by atoms with E-state index in [0.717, 1.165) is 0 Å². The second-order valence-corrected chi connectivity index (χ2v) is 6.34. The van der Waals surface area contributed by atoms with Gasteiger partial charge in [0.25, 0.3) is 0 Å². The Balaban J connectivity index is 2.23. The monoisotopic (exact) mass is 402 g/mol. The van der Waals surface area contributed by atoms with Gasteiger partial charge in [-0.05, 0) is 34.1 Å². The molecule has 1 aromatic carbocycles. The summed E-state index contributed by atoms with van der Waals surface area (Å²) in [5, 5.41) is 0.688. The van der Waals surface area contributed by atoms with Crippen molar-refractivity contribution in [1.29, 1.82) is 0 Å². The molecule has 0 unspecified atom stereocenters. The van der Waals surface area contributed by atoms with Gasteiger partial charge in [0, 0.05) is 24.7 Å². The summed E-state index contributed by atoms with van der Waals surface area (Å²) in [5.74, 6) is 0.000347. The molecule has 126 valence electrons. The van der Waals surface area contributed by atoms with Gasteiger partial charge >= 0.3 is 5.69 Å². The molecule has 0 aliphatic carbocycles. The molecule has 0 saturated carbocycles. The van der Waals surface area contributed by atoms with Crippen LogP contribution in [0.3, 0.4) is 0 Å². The Labute approximate surface area is 149 Å². The van der Waals surface area contributed by atoms with Crippen molar-refractivity contribution in [2.45, 2.75) is 0 Å². The standard InChI is InChI=1S/C17H12BrFN4O2/c1-22-13-8-21-12-7-14(25-2)10(18)6-9(12)15(13)23(17(22)24)16-11(19)4-3-5-20-16/h3-8H,1-2H3. The molecule has 0 aliphatic heterocycles. The number of aromatic nitrogens is 4. The Morgan fingerprint density at radius 2 is 2.08 bits per heavy atom. The molecule has 0 fully saturated rings. The van der Waals surface area contributed by atoms with Gasteiger partial charge in [-0.25, -0.2) is 18.7 Å². The maximum Gasteiger partial charge on any atom is 0.334 e. The van der Waals surface area contributed by atoms with Gasteiger partial charge in [-0.15, -0.1) is 0 Å². The minimum Gasteiger partial charge on any atom is -0.495 e. The molecule has 4 aromatic rings. The number of pyridine rings is 2. The second kappa shape index (κ2) is 5.66. The van der Waals surface area contributed by atoms with Crippen LogP contribution in [0.5, 0.6) is 5.75 Å². The Morgan fingerprint density at radius 3 is 2.80 bits per heavy atom. The van der Waals surface area contributed by atoms with E-state index in [1.54, 1.807) is 32.5 Å². The summed E-state index contributed by atoms with van der Waals surface area (Å²) in [6.07, 6.45) is 3.04. The second-order valence-electron chi connectivity index (χ2n) is 5.48. The highest BCUT2D eigenvalue weighted by atomic mass is 79.9. The fourth-order valence-corrected chi connectivity index (χ4v) is 3.40. The van der Waals surface area contributed by atoms with Gasteiger partial charge in [-0.2, -0.15) is 0 Å². The van der Waals surface area contributed by atoms with Crippen LogP contribution in [0.25, 0.3) is 27.8 Å². The number of hydrogen-bond donors (Lipinski definition) is 0. The van der Waals surface area contributed by atoms with Crippen molar-refractivity contribution in [3.05, 3.63) is 57.4 Å². The third-order valence-corrected chi connectivity index (χ3v) is 4.73. The van der Waals surface area contributed by atoms with Crippen LogP contribution in [0.1, 0.15) is 0 Å². The first kappa shape index (κ1) is 15.8. The van der Waals surface area contributed by atoms with Crippen LogP contribution in [0.15, 0.2) is 45.9 Å². The molecule has 0 N–H and O–H groups in total. The van der Waals surface area contributed by atoms with E-state index >= 15 is 0 Å². The zero-order chi connectivity index (χ0) is 17.7. The smallest absolute Gasteiger partial charge is 0.334 e. The summed E-state index contributed by atoms with van der Waals surface area (Å²) in [6, 6.07) is 6.32. The van der Waals surface area contributed by atoms with Crippen molar-refractivity contribution in [1.82, 2.24) is 19.1 Å². The van der Waals surface area contributed by atoms with E-state index in [1.165, 1.54) is 27.5 Å². The lowest BCUT2D eigenvalue weighted by molar-refractivity contribution is 0.412. The highest BCUT2D eigenvalue weighted by Crippen LogP contribution is 2.33. The summed E-state index contributed by atoms with van der Waals surface area (Å²) in [6.45, 7) is 0. The van der Waals surface area contributed by atoms with Crippen LogP contribution >= 0.6 is 15.9 Å². The number of fused-ring (bicyclic) bond motifs is 3. The first-order valence-electron chi connectivity index (χ1n) is 7.37. The number of nitrogens with zero attached hydrogens (tertiary/aromatic N) is 4. The van der Waals surface area contributed by atoms with Crippen LogP contribution < -0.4 is 10.4 Å². The lowest BCUT2D eigenvalue weighted by Gasteiger charge is -2.08. The average molecular weight is 403 g/mol. The lowest BCUT2D eigenvalue weighted by Crippen LogP contribution is -2.22. The Hall–Kier alpha value is -2.74. The molecular formula is C17H12BrFN4O2. The molecule has 0 bridgehead atoms. The SMILES string of the molecule is COc1cc2ncc3c(c2cc1Br)n(-c1ncccc1F)c(=O)n3C. The quantitative estimate of drug-likeness (QED) is 0.516. The van der Waals surface area contributed by atoms with Gasteiger partial charge in [-0.1, -0.05) is 0 Å².